The number of carbonyl (C=O) groups excluding carboxylic acids is 2. The van der Waals surface area contributed by atoms with Crippen LogP contribution in [0.3, 0.4) is 0 Å². The summed E-state index contributed by atoms with van der Waals surface area (Å²) in [6.45, 7) is -0.452. The molecule has 7 nitrogen and oxygen atoms in total. The quantitative estimate of drug-likeness (QED) is 0.407. The van der Waals surface area contributed by atoms with Crippen LogP contribution in [-0.4, -0.2) is 37.7 Å². The van der Waals surface area contributed by atoms with Crippen LogP contribution in [0.5, 0.6) is 11.5 Å². The molecule has 10 heteroatoms. The minimum absolute atomic E-state index is 0.236. The molecule has 0 unspecified atom stereocenters. The maximum Gasteiger partial charge on any atom is 0.350 e. The maximum atomic E-state index is 12.4. The average molecular weight is 463 g/mol. The summed E-state index contributed by atoms with van der Waals surface area (Å²) in [6, 6.07) is 10.8. The highest BCUT2D eigenvalue weighted by Crippen LogP contribution is 2.37. The Kier molecular flexibility index (Phi) is 5.76. The number of ether oxygens (including phenoxy) is 3. The second-order valence-electron chi connectivity index (χ2n) is 6.08. The molecule has 1 amide bonds. The van der Waals surface area contributed by atoms with Crippen LogP contribution < -0.4 is 14.8 Å². The number of anilines is 1. The zero-order valence-corrected chi connectivity index (χ0v) is 18.2. The van der Waals surface area contributed by atoms with E-state index >= 15 is 0 Å². The Morgan fingerprint density at radius 2 is 1.73 bits per heavy atom. The van der Waals surface area contributed by atoms with Crippen LogP contribution in [0.15, 0.2) is 36.4 Å². The van der Waals surface area contributed by atoms with Gasteiger partial charge in [0.25, 0.3) is 5.91 Å². The number of nitrogens with zero attached hydrogens (tertiary/aromatic N) is 1. The summed E-state index contributed by atoms with van der Waals surface area (Å²) in [4.78, 5) is 29.2. The number of fused-ring (bicyclic) bond motifs is 2. The van der Waals surface area contributed by atoms with Crippen molar-refractivity contribution in [3.63, 3.8) is 0 Å². The zero-order chi connectivity index (χ0) is 21.3. The molecule has 0 aliphatic rings. The Morgan fingerprint density at radius 3 is 2.47 bits per heavy atom. The number of thiophene rings is 1. The van der Waals surface area contributed by atoms with Gasteiger partial charge in [0.2, 0.25) is 0 Å². The molecule has 2 aromatic heterocycles. The molecule has 0 radical (unpaired) electrons. The molecule has 0 atom stereocenters. The van der Waals surface area contributed by atoms with E-state index in [1.54, 1.807) is 44.6 Å². The lowest BCUT2D eigenvalue weighted by molar-refractivity contribution is -0.119. The molecule has 30 heavy (non-hydrogen) atoms. The van der Waals surface area contributed by atoms with Gasteiger partial charge in [-0.3, -0.25) is 10.1 Å². The molecule has 0 bridgehead atoms. The summed E-state index contributed by atoms with van der Waals surface area (Å²) in [5.41, 5.74) is 0.737. The summed E-state index contributed by atoms with van der Waals surface area (Å²) in [6.07, 6.45) is 0. The van der Waals surface area contributed by atoms with Crippen LogP contribution in [0.4, 0.5) is 5.13 Å². The molecule has 0 saturated carbocycles. The molecule has 4 rings (SSSR count). The molecular weight excluding hydrogens is 448 g/mol. The van der Waals surface area contributed by atoms with Gasteiger partial charge in [0.1, 0.15) is 16.4 Å². The average Bonchev–Trinajstić information content (AvgIpc) is 3.31. The van der Waals surface area contributed by atoms with E-state index in [4.69, 9.17) is 25.8 Å². The fourth-order valence-electron chi connectivity index (χ4n) is 2.74. The van der Waals surface area contributed by atoms with Crippen LogP contribution in [0.2, 0.25) is 5.02 Å². The van der Waals surface area contributed by atoms with Crippen LogP contribution in [0, 0.1) is 0 Å². The number of nitrogens with one attached hydrogen (secondary N) is 1. The first kappa shape index (κ1) is 20.4. The van der Waals surface area contributed by atoms with Gasteiger partial charge in [-0.05, 0) is 36.4 Å². The van der Waals surface area contributed by atoms with E-state index in [-0.39, 0.29) is 4.88 Å². The lowest BCUT2D eigenvalue weighted by atomic mass is 10.2. The van der Waals surface area contributed by atoms with Gasteiger partial charge in [0, 0.05) is 10.1 Å². The van der Waals surface area contributed by atoms with Crippen LogP contribution in [-0.2, 0) is 9.53 Å². The molecule has 1 N–H and O–H groups in total. The topological polar surface area (TPSA) is 86.8 Å². The Bertz CT molecular complexity index is 1270. The summed E-state index contributed by atoms with van der Waals surface area (Å²) >= 11 is 8.80. The van der Waals surface area contributed by atoms with Crippen molar-refractivity contribution in [1.29, 1.82) is 0 Å². The molecule has 2 aromatic carbocycles. The summed E-state index contributed by atoms with van der Waals surface area (Å²) in [5, 5.41) is 4.07. The second-order valence-corrected chi connectivity index (χ2v) is 8.55. The van der Waals surface area contributed by atoms with Gasteiger partial charge in [-0.1, -0.05) is 22.9 Å². The van der Waals surface area contributed by atoms with E-state index in [9.17, 15) is 9.59 Å². The van der Waals surface area contributed by atoms with E-state index in [1.165, 1.54) is 22.7 Å². The van der Waals surface area contributed by atoms with Crippen LogP contribution >= 0.6 is 34.3 Å². The molecule has 2 heterocycles. The van der Waals surface area contributed by atoms with E-state index in [0.717, 1.165) is 20.3 Å². The number of rotatable bonds is 6. The number of hydrogen-bond acceptors (Lipinski definition) is 8. The minimum atomic E-state index is -0.663. The van der Waals surface area contributed by atoms with Gasteiger partial charge >= 0.3 is 5.97 Å². The van der Waals surface area contributed by atoms with Gasteiger partial charge < -0.3 is 14.2 Å². The fraction of sp³-hybridized carbons (Fsp3) is 0.150. The number of methoxy groups -OCH3 is 2. The molecule has 0 aliphatic carbocycles. The highest BCUT2D eigenvalue weighted by atomic mass is 35.5. The number of benzene rings is 2. The highest BCUT2D eigenvalue weighted by molar-refractivity contribution is 7.22. The number of hydrogen-bond donors (Lipinski definition) is 1. The van der Waals surface area contributed by atoms with Gasteiger partial charge in [0.05, 0.1) is 29.5 Å². The summed E-state index contributed by atoms with van der Waals surface area (Å²) in [5.74, 6) is 0.210. The van der Waals surface area contributed by atoms with Crippen molar-refractivity contribution < 1.29 is 23.8 Å². The first-order chi connectivity index (χ1) is 14.5. The predicted molar refractivity (Wildman–Crippen MR) is 118 cm³/mol. The zero-order valence-electron chi connectivity index (χ0n) is 15.9. The molecule has 154 valence electrons. The van der Waals surface area contributed by atoms with Gasteiger partial charge in [0.15, 0.2) is 11.7 Å². The molecular formula is C20H15ClN2O5S2. The van der Waals surface area contributed by atoms with Crippen molar-refractivity contribution in [3.05, 3.63) is 46.3 Å². The highest BCUT2D eigenvalue weighted by Gasteiger charge is 2.20. The van der Waals surface area contributed by atoms with Crippen LogP contribution in [0.1, 0.15) is 9.67 Å². The predicted octanol–water partition coefficient (Wildman–Crippen LogP) is 4.98. The Labute approximate surface area is 184 Å². The standard InChI is InChI=1S/C20H15ClN2O5S2/c1-26-10-3-5-12-14(7-10)29-18(17(12)21)19(25)28-9-16(24)23-20-22-13-6-4-11(27-2)8-15(13)30-20/h3-8H,9H2,1-2H3,(H,22,23,24). The first-order valence-corrected chi connectivity index (χ1v) is 10.7. The van der Waals surface area contributed by atoms with Gasteiger partial charge in [-0.2, -0.15) is 0 Å². The van der Waals surface area contributed by atoms with Gasteiger partial charge in [-0.15, -0.1) is 11.3 Å². The number of amides is 1. The molecule has 0 aliphatic heterocycles. The Balaban J connectivity index is 1.42. The first-order valence-electron chi connectivity index (χ1n) is 8.66. The fourth-order valence-corrected chi connectivity index (χ4v) is 5.08. The SMILES string of the molecule is COc1ccc2nc(NC(=O)COC(=O)c3sc4cc(OC)ccc4c3Cl)sc2c1. The van der Waals surface area contributed by atoms with E-state index < -0.39 is 18.5 Å². The normalized spacial score (nSPS) is 10.9. The third-order valence-electron chi connectivity index (χ3n) is 4.20. The number of thiazole rings is 1. The Morgan fingerprint density at radius 1 is 1.03 bits per heavy atom. The number of aromatic nitrogens is 1. The number of esters is 1. The van der Waals surface area contributed by atoms with Gasteiger partial charge in [-0.25, -0.2) is 9.78 Å². The molecule has 4 aromatic rings. The van der Waals surface area contributed by atoms with Crippen molar-refractivity contribution in [2.24, 2.45) is 0 Å². The second kappa shape index (κ2) is 8.47. The van der Waals surface area contributed by atoms with Crippen molar-refractivity contribution in [2.75, 3.05) is 26.1 Å². The van der Waals surface area contributed by atoms with Crippen molar-refractivity contribution in [2.45, 2.75) is 0 Å². The largest absolute Gasteiger partial charge is 0.497 e. The summed E-state index contributed by atoms with van der Waals surface area (Å²) < 4.78 is 17.2. The van der Waals surface area contributed by atoms with Crippen molar-refractivity contribution in [1.82, 2.24) is 4.98 Å². The number of halogens is 1. The minimum Gasteiger partial charge on any atom is -0.497 e. The van der Waals surface area contributed by atoms with E-state index in [2.05, 4.69) is 10.3 Å². The third-order valence-corrected chi connectivity index (χ3v) is 6.77. The lowest BCUT2D eigenvalue weighted by Gasteiger charge is -2.03. The maximum absolute atomic E-state index is 12.4. The molecule has 0 spiro atoms. The van der Waals surface area contributed by atoms with E-state index in [1.807, 2.05) is 6.07 Å². The van der Waals surface area contributed by atoms with Crippen LogP contribution in [0.25, 0.3) is 20.3 Å². The molecule has 0 saturated heterocycles. The molecule has 0 fully saturated rings. The van der Waals surface area contributed by atoms with Crippen molar-refractivity contribution >= 4 is 71.6 Å². The lowest BCUT2D eigenvalue weighted by Crippen LogP contribution is -2.20. The third kappa shape index (κ3) is 4.04. The number of carbonyl (C=O) groups is 2. The van der Waals surface area contributed by atoms with Crippen molar-refractivity contribution in [3.8, 4) is 11.5 Å². The Hall–Kier alpha value is -2.88. The van der Waals surface area contributed by atoms with E-state index in [0.29, 0.717) is 21.7 Å². The smallest absolute Gasteiger partial charge is 0.350 e. The monoisotopic (exact) mass is 462 g/mol. The summed E-state index contributed by atoms with van der Waals surface area (Å²) in [7, 11) is 3.14.